The minimum absolute atomic E-state index is 0.0958. The predicted molar refractivity (Wildman–Crippen MR) is 81.0 cm³/mol. The van der Waals surface area contributed by atoms with Crippen molar-refractivity contribution in [2.45, 2.75) is 42.5 Å². The summed E-state index contributed by atoms with van der Waals surface area (Å²) in [5, 5.41) is 22.5. The molecule has 1 aromatic heterocycles. The molecule has 1 heterocycles. The minimum Gasteiger partial charge on any atom is -0.198 e. The van der Waals surface area contributed by atoms with E-state index in [1.807, 2.05) is 30.3 Å². The fraction of sp³-hybridized carbons (Fsp3) is 0.467. The number of para-hydroxylation sites is 1. The molecule has 3 rings (SSSR count). The van der Waals surface area contributed by atoms with E-state index in [2.05, 4.69) is 21.6 Å². The summed E-state index contributed by atoms with van der Waals surface area (Å²) in [6.45, 7) is 0. The summed E-state index contributed by atoms with van der Waals surface area (Å²) in [5.74, 6) is 0.0958. The zero-order valence-corrected chi connectivity index (χ0v) is 12.5. The molecule has 1 aliphatic rings. The second kappa shape index (κ2) is 6.72. The van der Waals surface area contributed by atoms with E-state index in [1.165, 1.54) is 12.8 Å². The highest BCUT2D eigenvalue weighted by Crippen LogP contribution is 2.35. The molecule has 6 heteroatoms. The first kappa shape index (κ1) is 14.1. The summed E-state index contributed by atoms with van der Waals surface area (Å²) in [5.41, 5.74) is 0.951. The Bertz CT molecular complexity index is 618. The average Bonchev–Trinajstić information content (AvgIpc) is 2.87. The number of hydrogen-bond donors (Lipinski definition) is 0. The Morgan fingerprint density at radius 3 is 2.76 bits per heavy atom. The summed E-state index contributed by atoms with van der Waals surface area (Å²) in [6, 6.07) is 12.3. The second-order valence-corrected chi connectivity index (χ2v) is 6.45. The maximum absolute atomic E-state index is 9.38. The van der Waals surface area contributed by atoms with E-state index < -0.39 is 0 Å². The SMILES string of the molecule is N#CC1CCCCCC1Sc1nnnn1-c1ccccc1. The van der Waals surface area contributed by atoms with Gasteiger partial charge in [-0.2, -0.15) is 9.94 Å². The first-order valence-corrected chi connectivity index (χ1v) is 8.16. The third-order valence-corrected chi connectivity index (χ3v) is 5.15. The Hall–Kier alpha value is -1.87. The monoisotopic (exact) mass is 299 g/mol. The smallest absolute Gasteiger partial charge is 0.198 e. The normalized spacial score (nSPS) is 22.4. The third-order valence-electron chi connectivity index (χ3n) is 3.82. The number of nitrogens with zero attached hydrogens (tertiary/aromatic N) is 5. The molecule has 0 radical (unpaired) electrons. The molecule has 0 N–H and O–H groups in total. The summed E-state index contributed by atoms with van der Waals surface area (Å²) in [4.78, 5) is 0. The Morgan fingerprint density at radius 1 is 1.14 bits per heavy atom. The van der Waals surface area contributed by atoms with Crippen LogP contribution in [0.25, 0.3) is 5.69 Å². The summed E-state index contributed by atoms with van der Waals surface area (Å²) in [7, 11) is 0. The summed E-state index contributed by atoms with van der Waals surface area (Å²) in [6.07, 6.45) is 5.60. The molecule has 0 aliphatic heterocycles. The van der Waals surface area contributed by atoms with Crippen molar-refractivity contribution >= 4 is 11.8 Å². The van der Waals surface area contributed by atoms with Crippen LogP contribution in [0.1, 0.15) is 32.1 Å². The van der Waals surface area contributed by atoms with E-state index in [9.17, 15) is 5.26 Å². The van der Waals surface area contributed by atoms with Crippen molar-refractivity contribution in [2.24, 2.45) is 5.92 Å². The zero-order valence-electron chi connectivity index (χ0n) is 11.7. The van der Waals surface area contributed by atoms with Crippen molar-refractivity contribution in [2.75, 3.05) is 0 Å². The number of tetrazole rings is 1. The molecule has 1 fully saturated rings. The molecule has 0 amide bonds. The standard InChI is InChI=1S/C15H17N5S/c16-11-12-7-3-1-6-10-14(12)21-15-17-18-19-20(15)13-8-4-2-5-9-13/h2,4-5,8-9,12,14H,1,3,6-7,10H2. The Labute approximate surface area is 128 Å². The van der Waals surface area contributed by atoms with Gasteiger partial charge in [-0.3, -0.25) is 0 Å². The van der Waals surface area contributed by atoms with Gasteiger partial charge in [0.25, 0.3) is 0 Å². The van der Waals surface area contributed by atoms with Crippen molar-refractivity contribution in [3.05, 3.63) is 30.3 Å². The van der Waals surface area contributed by atoms with Gasteiger partial charge in [0.15, 0.2) is 0 Å². The van der Waals surface area contributed by atoms with Crippen molar-refractivity contribution in [1.82, 2.24) is 20.2 Å². The molecule has 2 unspecified atom stereocenters. The molecule has 0 saturated heterocycles. The third kappa shape index (κ3) is 3.24. The van der Waals surface area contributed by atoms with Crippen LogP contribution in [0.4, 0.5) is 0 Å². The lowest BCUT2D eigenvalue weighted by molar-refractivity contribution is 0.583. The lowest BCUT2D eigenvalue weighted by Crippen LogP contribution is -2.15. The topological polar surface area (TPSA) is 67.4 Å². The Kier molecular flexibility index (Phi) is 4.51. The highest BCUT2D eigenvalue weighted by Gasteiger charge is 2.26. The molecule has 108 valence electrons. The van der Waals surface area contributed by atoms with E-state index in [-0.39, 0.29) is 11.2 Å². The van der Waals surface area contributed by atoms with Crippen LogP contribution in [0.2, 0.25) is 0 Å². The van der Waals surface area contributed by atoms with Crippen molar-refractivity contribution in [1.29, 1.82) is 5.26 Å². The number of benzene rings is 1. The van der Waals surface area contributed by atoms with Gasteiger partial charge in [-0.15, -0.1) is 5.10 Å². The average molecular weight is 299 g/mol. The lowest BCUT2D eigenvalue weighted by Gasteiger charge is -2.17. The molecule has 0 spiro atoms. The van der Waals surface area contributed by atoms with Gasteiger partial charge in [-0.05, 0) is 35.4 Å². The highest BCUT2D eigenvalue weighted by molar-refractivity contribution is 7.99. The highest BCUT2D eigenvalue weighted by atomic mass is 32.2. The molecule has 1 aromatic carbocycles. The van der Waals surface area contributed by atoms with E-state index in [1.54, 1.807) is 16.4 Å². The largest absolute Gasteiger partial charge is 0.214 e. The fourth-order valence-electron chi connectivity index (χ4n) is 2.68. The van der Waals surface area contributed by atoms with Crippen LogP contribution >= 0.6 is 11.8 Å². The van der Waals surface area contributed by atoms with Crippen LogP contribution in [0.5, 0.6) is 0 Å². The quantitative estimate of drug-likeness (QED) is 0.814. The maximum Gasteiger partial charge on any atom is 0.214 e. The number of thioether (sulfide) groups is 1. The number of aromatic nitrogens is 4. The molecule has 1 saturated carbocycles. The second-order valence-electron chi connectivity index (χ2n) is 5.24. The fourth-order valence-corrected chi connectivity index (χ4v) is 3.92. The lowest BCUT2D eigenvalue weighted by atomic mass is 10.0. The molecule has 5 nitrogen and oxygen atoms in total. The van der Waals surface area contributed by atoms with Gasteiger partial charge in [0.2, 0.25) is 5.16 Å². The van der Waals surface area contributed by atoms with Crippen molar-refractivity contribution in [3.63, 3.8) is 0 Å². The van der Waals surface area contributed by atoms with Gasteiger partial charge in [0.05, 0.1) is 17.7 Å². The van der Waals surface area contributed by atoms with Crippen LogP contribution in [0, 0.1) is 17.2 Å². The van der Waals surface area contributed by atoms with E-state index in [0.29, 0.717) is 0 Å². The molecule has 1 aliphatic carbocycles. The van der Waals surface area contributed by atoms with Crippen molar-refractivity contribution < 1.29 is 0 Å². The Balaban J connectivity index is 1.82. The molecule has 2 atom stereocenters. The molecule has 2 aromatic rings. The van der Waals surface area contributed by atoms with Crippen LogP contribution in [-0.4, -0.2) is 25.5 Å². The van der Waals surface area contributed by atoms with Crippen LogP contribution in [0.15, 0.2) is 35.5 Å². The van der Waals surface area contributed by atoms with Gasteiger partial charge < -0.3 is 0 Å². The predicted octanol–water partition coefficient (Wildman–Crippen LogP) is 3.23. The molecular weight excluding hydrogens is 282 g/mol. The Morgan fingerprint density at radius 2 is 1.95 bits per heavy atom. The first-order valence-electron chi connectivity index (χ1n) is 7.28. The zero-order chi connectivity index (χ0) is 14.5. The summed E-state index contributed by atoms with van der Waals surface area (Å²) >= 11 is 1.64. The van der Waals surface area contributed by atoms with E-state index >= 15 is 0 Å². The maximum atomic E-state index is 9.38. The van der Waals surface area contributed by atoms with Gasteiger partial charge >= 0.3 is 0 Å². The van der Waals surface area contributed by atoms with Gasteiger partial charge in [0.1, 0.15) is 0 Å². The van der Waals surface area contributed by atoms with E-state index in [4.69, 9.17) is 0 Å². The number of hydrogen-bond acceptors (Lipinski definition) is 5. The van der Waals surface area contributed by atoms with Crippen LogP contribution in [-0.2, 0) is 0 Å². The van der Waals surface area contributed by atoms with Gasteiger partial charge in [-0.25, -0.2) is 0 Å². The van der Waals surface area contributed by atoms with Crippen molar-refractivity contribution in [3.8, 4) is 11.8 Å². The summed E-state index contributed by atoms with van der Waals surface area (Å²) < 4.78 is 1.75. The van der Waals surface area contributed by atoms with Gasteiger partial charge in [0, 0.05) is 5.25 Å². The molecule has 0 bridgehead atoms. The van der Waals surface area contributed by atoms with E-state index in [0.717, 1.165) is 30.1 Å². The molecule has 21 heavy (non-hydrogen) atoms. The minimum atomic E-state index is 0.0958. The first-order chi connectivity index (χ1) is 10.4. The molecular formula is C15H17N5S. The number of nitriles is 1. The van der Waals surface area contributed by atoms with Gasteiger partial charge in [-0.1, -0.05) is 49.2 Å². The van der Waals surface area contributed by atoms with Crippen LogP contribution < -0.4 is 0 Å². The van der Waals surface area contributed by atoms with Crippen LogP contribution in [0.3, 0.4) is 0 Å². The number of rotatable bonds is 3.